The first-order valence-electron chi connectivity index (χ1n) is 18.3. The monoisotopic (exact) mass is 774 g/mol. The number of halogens is 4. The van der Waals surface area contributed by atoms with Crippen LogP contribution in [0, 0.1) is 13.8 Å². The number of aliphatic hydroxyl groups is 1. The van der Waals surface area contributed by atoms with Crippen LogP contribution in [0.15, 0.2) is 69.5 Å². The van der Waals surface area contributed by atoms with Crippen LogP contribution in [0.25, 0.3) is 56.2 Å². The fraction of sp³-hybridized carbons (Fsp3) is 0.341. The topological polar surface area (TPSA) is 135 Å². The van der Waals surface area contributed by atoms with Crippen LogP contribution >= 0.6 is 0 Å². The second-order valence-electron chi connectivity index (χ2n) is 14.2. The molecule has 0 amide bonds. The fourth-order valence-corrected chi connectivity index (χ4v) is 7.85. The van der Waals surface area contributed by atoms with Crippen molar-refractivity contribution in [2.24, 2.45) is 0 Å². The molecule has 2 atom stereocenters. The van der Waals surface area contributed by atoms with Gasteiger partial charge in [-0.15, -0.1) is 0 Å². The number of aliphatic hydroxyl groups excluding tert-OH is 1. The first-order valence-corrected chi connectivity index (χ1v) is 18.3. The Balaban J connectivity index is 1.12. The number of carboxylic acid groups (broad SMARTS) is 1. The summed E-state index contributed by atoms with van der Waals surface area (Å²) in [7, 11) is 0. The Morgan fingerprint density at radius 1 is 0.768 bits per heavy atom. The summed E-state index contributed by atoms with van der Waals surface area (Å²) in [6.45, 7) is -0.650. The molecular weight excluding hydrogens is 736 g/mol. The molecule has 6 aromatic rings. The number of hydrogen-bond donors (Lipinski definition) is 2. The van der Waals surface area contributed by atoms with Gasteiger partial charge in [-0.05, 0) is 86.2 Å². The number of carboxylic acids is 1. The normalized spacial score (nSPS) is 17.7. The second-order valence-corrected chi connectivity index (χ2v) is 14.2. The molecule has 0 unspecified atom stereocenters. The minimum absolute atomic E-state index is 0.0108. The maximum Gasteiger partial charge on any atom is 0.387 e. The van der Waals surface area contributed by atoms with Gasteiger partial charge in [0.05, 0.1) is 6.61 Å². The Bertz CT molecular complexity index is 2430. The molecule has 2 saturated heterocycles. The number of alkyl halides is 4. The number of hydrogen-bond acceptors (Lipinski definition) is 10. The maximum absolute atomic E-state index is 13.5. The number of aromatic nitrogens is 2. The summed E-state index contributed by atoms with van der Waals surface area (Å²) >= 11 is 0. The van der Waals surface area contributed by atoms with Gasteiger partial charge in [0.1, 0.15) is 28.6 Å². The molecule has 0 spiro atoms. The lowest BCUT2D eigenvalue weighted by atomic mass is 9.91. The van der Waals surface area contributed by atoms with Crippen LogP contribution < -0.4 is 9.47 Å². The van der Waals surface area contributed by atoms with Crippen molar-refractivity contribution in [3.8, 4) is 45.5 Å². The Morgan fingerprint density at radius 3 is 1.71 bits per heavy atom. The van der Waals surface area contributed by atoms with Gasteiger partial charge in [-0.1, -0.05) is 24.3 Å². The van der Waals surface area contributed by atoms with Crippen LogP contribution in [0.4, 0.5) is 17.6 Å². The summed E-state index contributed by atoms with van der Waals surface area (Å²) in [4.78, 5) is 25.0. The summed E-state index contributed by atoms with van der Waals surface area (Å²) < 4.78 is 75.9. The zero-order chi connectivity index (χ0) is 39.2. The molecule has 11 nitrogen and oxygen atoms in total. The van der Waals surface area contributed by atoms with Gasteiger partial charge in [0.15, 0.2) is 11.2 Å². The van der Waals surface area contributed by atoms with Crippen molar-refractivity contribution in [3.63, 3.8) is 0 Å². The minimum atomic E-state index is -3.10. The Morgan fingerprint density at radius 2 is 1.27 bits per heavy atom. The van der Waals surface area contributed by atoms with Crippen LogP contribution in [-0.4, -0.2) is 81.0 Å². The molecule has 0 saturated carbocycles. The standard InChI is InChI=1S/C41H38F4N4O7/c1-21-26(6-3-8-28(21)37-46-30-14-23(18-48-13-11-25(48)20-50)33(55-40(42)43)16-35(30)53-37)27-7-4-9-29(22(27)2)38-47-31-15-24(19-49-12-5-10-32(49)39(51)52)34(56-41(44)45)17-36(31)54-38/h3-4,6-9,14-17,25,32,40-41,50H,5,10-13,18-20H2,1-2H3,(H,51,52)/t25-,32-/m0/s1. The molecule has 0 aliphatic carbocycles. The number of carbonyl (C=O) groups is 1. The molecule has 56 heavy (non-hydrogen) atoms. The van der Waals surface area contributed by atoms with Gasteiger partial charge in [-0.2, -0.15) is 17.6 Å². The first kappa shape index (κ1) is 37.4. The third-order valence-corrected chi connectivity index (χ3v) is 10.9. The molecular formula is C41H38F4N4O7. The predicted molar refractivity (Wildman–Crippen MR) is 198 cm³/mol. The molecule has 8 rings (SSSR count). The second kappa shape index (κ2) is 15.2. The van der Waals surface area contributed by atoms with E-state index in [1.54, 1.807) is 17.0 Å². The Labute approximate surface area is 318 Å². The molecule has 2 aliphatic heterocycles. The van der Waals surface area contributed by atoms with Crippen molar-refractivity contribution >= 4 is 28.2 Å². The zero-order valence-electron chi connectivity index (χ0n) is 30.5. The van der Waals surface area contributed by atoms with Gasteiger partial charge in [0.2, 0.25) is 11.8 Å². The highest BCUT2D eigenvalue weighted by Gasteiger charge is 2.32. The van der Waals surface area contributed by atoms with Crippen molar-refractivity contribution in [3.05, 3.63) is 82.9 Å². The summed E-state index contributed by atoms with van der Waals surface area (Å²) in [5, 5.41) is 19.3. The van der Waals surface area contributed by atoms with E-state index in [0.717, 1.165) is 35.2 Å². The SMILES string of the molecule is Cc1c(-c2nc3cc(CN4CC[C@H]4CO)c(OC(F)F)cc3o2)cccc1-c1cccc(-c2nc3cc(CN4CCC[C@H]4C(=O)O)c(OC(F)F)cc3o2)c1C. The predicted octanol–water partition coefficient (Wildman–Crippen LogP) is 8.41. The van der Waals surface area contributed by atoms with Crippen LogP contribution in [0.5, 0.6) is 11.5 Å². The van der Waals surface area contributed by atoms with E-state index >= 15 is 0 Å². The van der Waals surface area contributed by atoms with Crippen molar-refractivity contribution in [1.29, 1.82) is 0 Å². The van der Waals surface area contributed by atoms with Crippen LogP contribution in [0.2, 0.25) is 0 Å². The molecule has 292 valence electrons. The Kier molecular flexibility index (Phi) is 10.2. The smallest absolute Gasteiger partial charge is 0.387 e. The largest absolute Gasteiger partial charge is 0.480 e. The molecule has 0 bridgehead atoms. The summed E-state index contributed by atoms with van der Waals surface area (Å²) in [5.74, 6) is -0.523. The number of benzene rings is 4. The highest BCUT2D eigenvalue weighted by atomic mass is 19.3. The number of nitrogens with zero attached hydrogens (tertiary/aromatic N) is 4. The summed E-state index contributed by atoms with van der Waals surface area (Å²) in [5.41, 5.74) is 7.04. The highest BCUT2D eigenvalue weighted by Crippen LogP contribution is 2.40. The molecule has 2 aliphatic rings. The van der Waals surface area contributed by atoms with Crippen molar-refractivity contribution in [2.45, 2.75) is 71.5 Å². The van der Waals surface area contributed by atoms with Gasteiger partial charge in [0, 0.05) is 60.1 Å². The molecule has 0 radical (unpaired) electrons. The molecule has 2 N–H and O–H groups in total. The Hall–Kier alpha value is -5.51. The van der Waals surface area contributed by atoms with E-state index in [4.69, 9.17) is 28.3 Å². The van der Waals surface area contributed by atoms with E-state index in [1.807, 2.05) is 55.1 Å². The van der Waals surface area contributed by atoms with E-state index in [0.29, 0.717) is 65.1 Å². The lowest BCUT2D eigenvalue weighted by molar-refractivity contribution is -0.142. The third kappa shape index (κ3) is 7.17. The summed E-state index contributed by atoms with van der Waals surface area (Å²) in [6.07, 6.45) is 1.97. The van der Waals surface area contributed by atoms with Crippen LogP contribution in [-0.2, 0) is 17.9 Å². The quantitative estimate of drug-likeness (QED) is 0.110. The molecule has 4 heterocycles. The third-order valence-electron chi connectivity index (χ3n) is 10.9. The van der Waals surface area contributed by atoms with Gasteiger partial charge in [-0.3, -0.25) is 14.6 Å². The van der Waals surface area contributed by atoms with Crippen molar-refractivity contribution < 1.29 is 50.9 Å². The van der Waals surface area contributed by atoms with Gasteiger partial charge < -0.3 is 28.5 Å². The number of likely N-dealkylation sites (tertiary alicyclic amines) is 2. The van der Waals surface area contributed by atoms with Crippen molar-refractivity contribution in [1.82, 2.24) is 19.8 Å². The van der Waals surface area contributed by atoms with Gasteiger partial charge in [-0.25, -0.2) is 9.97 Å². The number of fused-ring (bicyclic) bond motifs is 2. The van der Waals surface area contributed by atoms with Crippen LogP contribution in [0.1, 0.15) is 41.5 Å². The van der Waals surface area contributed by atoms with E-state index < -0.39 is 25.2 Å². The lowest BCUT2D eigenvalue weighted by Gasteiger charge is -2.40. The number of rotatable bonds is 13. The van der Waals surface area contributed by atoms with E-state index in [1.165, 1.54) is 12.1 Å². The fourth-order valence-electron chi connectivity index (χ4n) is 7.85. The van der Waals surface area contributed by atoms with Crippen LogP contribution in [0.3, 0.4) is 0 Å². The molecule has 2 aromatic heterocycles. The molecule has 4 aromatic carbocycles. The van der Waals surface area contributed by atoms with Gasteiger partial charge >= 0.3 is 19.2 Å². The number of oxazole rings is 2. The summed E-state index contributed by atoms with van der Waals surface area (Å²) in [6, 6.07) is 16.7. The molecule has 2 fully saturated rings. The van der Waals surface area contributed by atoms with E-state index in [9.17, 15) is 32.6 Å². The average molecular weight is 775 g/mol. The van der Waals surface area contributed by atoms with E-state index in [2.05, 4.69) is 0 Å². The number of aliphatic carboxylic acids is 1. The zero-order valence-corrected chi connectivity index (χ0v) is 30.5. The lowest BCUT2D eigenvalue weighted by Crippen LogP contribution is -2.49. The first-order chi connectivity index (χ1) is 27.0. The average Bonchev–Trinajstić information content (AvgIpc) is 3.89. The van der Waals surface area contributed by atoms with E-state index in [-0.39, 0.29) is 47.7 Å². The minimum Gasteiger partial charge on any atom is -0.480 e. The van der Waals surface area contributed by atoms with Crippen molar-refractivity contribution in [2.75, 3.05) is 19.7 Å². The highest BCUT2D eigenvalue weighted by molar-refractivity contribution is 5.85. The molecule has 15 heteroatoms. The number of ether oxygens (including phenoxy) is 2. The van der Waals surface area contributed by atoms with Gasteiger partial charge in [0.25, 0.3) is 0 Å². The maximum atomic E-state index is 13.5.